The first-order valence-corrected chi connectivity index (χ1v) is 10.2. The maximum atomic E-state index is 4.42. The number of pyridine rings is 1. The lowest BCUT2D eigenvalue weighted by Gasteiger charge is -2.36. The maximum absolute atomic E-state index is 4.42. The molecule has 2 rings (SSSR count). The molecule has 3 heteroatoms. The van der Waals surface area contributed by atoms with Crippen LogP contribution in [0.4, 0.5) is 5.69 Å². The van der Waals surface area contributed by atoms with Crippen molar-refractivity contribution >= 4 is 13.9 Å². The minimum Gasteiger partial charge on any atom is -0.398 e. The van der Waals surface area contributed by atoms with Crippen LogP contribution in [0.25, 0.3) is 0 Å². The van der Waals surface area contributed by atoms with E-state index in [1.807, 2.05) is 12.3 Å². The van der Waals surface area contributed by atoms with Gasteiger partial charge in [-0.1, -0.05) is 43.9 Å². The van der Waals surface area contributed by atoms with Gasteiger partial charge in [0.1, 0.15) is 8.24 Å². The van der Waals surface area contributed by atoms with Gasteiger partial charge in [-0.2, -0.15) is 0 Å². The second-order valence-electron chi connectivity index (χ2n) is 5.73. The molecule has 1 aromatic carbocycles. The highest BCUT2D eigenvalue weighted by Crippen LogP contribution is 2.21. The van der Waals surface area contributed by atoms with Crippen molar-refractivity contribution in [3.05, 3.63) is 60.4 Å². The lowest BCUT2D eigenvalue weighted by molar-refractivity contribution is 0.898. The Hall–Kier alpha value is -1.61. The standard InChI is InChI=1S/C16H22N2Si/c1-19(2,3)18(16-10-5-4-6-11-16)14-12-15-9-7-8-13-17-15/h4-11,13H,12,14H2,1-3H3. The Morgan fingerprint density at radius 3 is 2.21 bits per heavy atom. The summed E-state index contributed by atoms with van der Waals surface area (Å²) in [5, 5.41) is 0. The Balaban J connectivity index is 2.12. The van der Waals surface area contributed by atoms with Gasteiger partial charge in [-0.05, 0) is 24.3 Å². The summed E-state index contributed by atoms with van der Waals surface area (Å²) in [5.41, 5.74) is 2.50. The predicted octanol–water partition coefficient (Wildman–Crippen LogP) is 3.97. The van der Waals surface area contributed by atoms with Crippen LogP contribution in [0.2, 0.25) is 19.6 Å². The molecule has 0 N–H and O–H groups in total. The molecule has 0 spiro atoms. The van der Waals surface area contributed by atoms with Gasteiger partial charge in [-0.25, -0.2) is 0 Å². The predicted molar refractivity (Wildman–Crippen MR) is 85.1 cm³/mol. The third-order valence-electron chi connectivity index (χ3n) is 3.20. The van der Waals surface area contributed by atoms with Gasteiger partial charge < -0.3 is 4.57 Å². The molecule has 0 aliphatic rings. The van der Waals surface area contributed by atoms with Crippen LogP contribution >= 0.6 is 0 Å². The molecule has 0 aliphatic carbocycles. The van der Waals surface area contributed by atoms with E-state index in [0.29, 0.717) is 0 Å². The summed E-state index contributed by atoms with van der Waals surface area (Å²) in [6.45, 7) is 8.20. The molecule has 2 aromatic rings. The third kappa shape index (κ3) is 3.93. The second-order valence-corrected chi connectivity index (χ2v) is 10.6. The second kappa shape index (κ2) is 6.02. The fourth-order valence-electron chi connectivity index (χ4n) is 2.23. The van der Waals surface area contributed by atoms with E-state index in [1.165, 1.54) is 11.4 Å². The zero-order valence-corrected chi connectivity index (χ0v) is 13.0. The number of hydrogen-bond acceptors (Lipinski definition) is 2. The minimum atomic E-state index is -1.38. The SMILES string of the molecule is C[Si](C)(C)N(CCc1ccccn1)c1ccccc1. The van der Waals surface area contributed by atoms with Crippen molar-refractivity contribution in [2.45, 2.75) is 26.1 Å². The Kier molecular flexibility index (Phi) is 4.38. The Morgan fingerprint density at radius 1 is 0.947 bits per heavy atom. The van der Waals surface area contributed by atoms with Crippen LogP contribution in [0, 0.1) is 0 Å². The molecule has 0 saturated carbocycles. The Bertz CT molecular complexity index is 491. The summed E-state index contributed by atoms with van der Waals surface area (Å²) >= 11 is 0. The monoisotopic (exact) mass is 270 g/mol. The number of aromatic nitrogens is 1. The zero-order chi connectivity index (χ0) is 13.7. The lowest BCUT2D eigenvalue weighted by atomic mass is 10.2. The van der Waals surface area contributed by atoms with E-state index in [2.05, 4.69) is 71.7 Å². The van der Waals surface area contributed by atoms with Crippen LogP contribution in [0.1, 0.15) is 5.69 Å². The number of hydrogen-bond donors (Lipinski definition) is 0. The number of para-hydroxylation sites is 1. The molecule has 0 atom stereocenters. The number of rotatable bonds is 5. The number of benzene rings is 1. The van der Waals surface area contributed by atoms with Crippen LogP contribution in [0.3, 0.4) is 0 Å². The first-order chi connectivity index (χ1) is 9.07. The molecule has 19 heavy (non-hydrogen) atoms. The molecule has 0 unspecified atom stereocenters. The summed E-state index contributed by atoms with van der Waals surface area (Å²) in [4.78, 5) is 4.42. The summed E-state index contributed by atoms with van der Waals surface area (Å²) in [5.74, 6) is 0. The first kappa shape index (κ1) is 13.8. The van der Waals surface area contributed by atoms with Gasteiger partial charge in [-0.15, -0.1) is 0 Å². The lowest BCUT2D eigenvalue weighted by Crippen LogP contribution is -2.47. The van der Waals surface area contributed by atoms with E-state index in [4.69, 9.17) is 0 Å². The van der Waals surface area contributed by atoms with Crippen molar-refractivity contribution < 1.29 is 0 Å². The van der Waals surface area contributed by atoms with Crippen molar-refractivity contribution in [2.75, 3.05) is 11.1 Å². The quantitative estimate of drug-likeness (QED) is 0.764. The molecular formula is C16H22N2Si. The number of nitrogens with zero attached hydrogens (tertiary/aromatic N) is 2. The van der Waals surface area contributed by atoms with Crippen molar-refractivity contribution in [2.24, 2.45) is 0 Å². The summed E-state index contributed by atoms with van der Waals surface area (Å²) in [6.07, 6.45) is 2.87. The molecule has 0 radical (unpaired) electrons. The topological polar surface area (TPSA) is 16.1 Å². The third-order valence-corrected chi connectivity index (χ3v) is 5.30. The Labute approximate surface area is 117 Å². The minimum absolute atomic E-state index is 1.00. The first-order valence-electron chi connectivity index (χ1n) is 6.80. The van der Waals surface area contributed by atoms with Crippen molar-refractivity contribution in [3.8, 4) is 0 Å². The molecule has 0 aliphatic heterocycles. The van der Waals surface area contributed by atoms with E-state index in [9.17, 15) is 0 Å². The molecule has 100 valence electrons. The molecule has 0 saturated heterocycles. The smallest absolute Gasteiger partial charge is 0.147 e. The summed E-state index contributed by atoms with van der Waals surface area (Å²) in [7, 11) is -1.38. The maximum Gasteiger partial charge on any atom is 0.147 e. The van der Waals surface area contributed by atoms with Crippen molar-refractivity contribution in [1.82, 2.24) is 4.98 Å². The molecule has 0 fully saturated rings. The molecule has 2 nitrogen and oxygen atoms in total. The van der Waals surface area contributed by atoms with Crippen LogP contribution in [-0.4, -0.2) is 19.8 Å². The highest BCUT2D eigenvalue weighted by molar-refractivity contribution is 6.79. The van der Waals surface area contributed by atoms with Gasteiger partial charge in [0.05, 0.1) is 0 Å². The molecule has 0 amide bonds. The molecule has 0 bridgehead atoms. The van der Waals surface area contributed by atoms with Crippen LogP contribution in [-0.2, 0) is 6.42 Å². The van der Waals surface area contributed by atoms with Gasteiger partial charge in [0.15, 0.2) is 0 Å². The van der Waals surface area contributed by atoms with Crippen molar-refractivity contribution in [3.63, 3.8) is 0 Å². The van der Waals surface area contributed by atoms with Gasteiger partial charge in [-0.3, -0.25) is 4.98 Å². The van der Waals surface area contributed by atoms with E-state index in [-0.39, 0.29) is 0 Å². The molecule has 1 aromatic heterocycles. The summed E-state index contributed by atoms with van der Waals surface area (Å²) < 4.78 is 2.57. The Morgan fingerprint density at radius 2 is 1.63 bits per heavy atom. The van der Waals surface area contributed by atoms with E-state index >= 15 is 0 Å². The van der Waals surface area contributed by atoms with Gasteiger partial charge >= 0.3 is 0 Å². The largest absolute Gasteiger partial charge is 0.398 e. The zero-order valence-electron chi connectivity index (χ0n) is 12.0. The van der Waals surface area contributed by atoms with Crippen LogP contribution in [0.5, 0.6) is 0 Å². The van der Waals surface area contributed by atoms with Gasteiger partial charge in [0.25, 0.3) is 0 Å². The van der Waals surface area contributed by atoms with E-state index in [0.717, 1.165) is 13.0 Å². The fourth-order valence-corrected chi connectivity index (χ4v) is 3.94. The van der Waals surface area contributed by atoms with Gasteiger partial charge in [0, 0.05) is 30.5 Å². The van der Waals surface area contributed by atoms with Gasteiger partial charge in [0.2, 0.25) is 0 Å². The van der Waals surface area contributed by atoms with E-state index in [1.54, 1.807) is 0 Å². The van der Waals surface area contributed by atoms with E-state index < -0.39 is 8.24 Å². The highest BCUT2D eigenvalue weighted by atomic mass is 28.3. The van der Waals surface area contributed by atoms with Crippen LogP contribution in [0.15, 0.2) is 54.7 Å². The average Bonchev–Trinajstić information content (AvgIpc) is 2.40. The molecule has 1 heterocycles. The van der Waals surface area contributed by atoms with Crippen LogP contribution < -0.4 is 4.57 Å². The molecular weight excluding hydrogens is 248 g/mol. The fraction of sp³-hybridized carbons (Fsp3) is 0.312. The number of anilines is 1. The normalized spacial score (nSPS) is 11.3. The van der Waals surface area contributed by atoms with Crippen molar-refractivity contribution in [1.29, 1.82) is 0 Å². The highest BCUT2D eigenvalue weighted by Gasteiger charge is 2.23. The summed E-state index contributed by atoms with van der Waals surface area (Å²) in [6, 6.07) is 16.8. The average molecular weight is 270 g/mol.